The summed E-state index contributed by atoms with van der Waals surface area (Å²) in [7, 11) is 0. The molecule has 0 saturated carbocycles. The van der Waals surface area contributed by atoms with Gasteiger partial charge in [-0.25, -0.2) is 14.6 Å². The van der Waals surface area contributed by atoms with Crippen LogP contribution in [0.25, 0.3) is 10.9 Å². The van der Waals surface area contributed by atoms with Crippen molar-refractivity contribution in [1.82, 2.24) is 19.7 Å². The van der Waals surface area contributed by atoms with Crippen LogP contribution in [0, 0.1) is 0 Å². The first-order valence-electron chi connectivity index (χ1n) is 9.93. The number of hydrogen-bond acceptors (Lipinski definition) is 6. The Labute approximate surface area is 164 Å². The van der Waals surface area contributed by atoms with E-state index in [2.05, 4.69) is 25.3 Å². The fraction of sp³-hybridized carbons (Fsp3) is 0.429. The van der Waals surface area contributed by atoms with E-state index in [0.717, 1.165) is 48.5 Å². The Morgan fingerprint density at radius 1 is 1.14 bits per heavy atom. The van der Waals surface area contributed by atoms with E-state index >= 15 is 0 Å². The lowest BCUT2D eigenvalue weighted by molar-refractivity contribution is 0.451. The number of piperidine rings is 1. The molecule has 28 heavy (non-hydrogen) atoms. The molecule has 1 N–H and O–H groups in total. The van der Waals surface area contributed by atoms with Gasteiger partial charge in [-0.1, -0.05) is 12.1 Å². The third-order valence-corrected chi connectivity index (χ3v) is 5.27. The Morgan fingerprint density at radius 3 is 2.86 bits per heavy atom. The molecule has 1 saturated heterocycles. The first-order valence-corrected chi connectivity index (χ1v) is 9.93. The van der Waals surface area contributed by atoms with Crippen LogP contribution >= 0.6 is 0 Å². The maximum atomic E-state index is 12.1. The van der Waals surface area contributed by atoms with E-state index in [9.17, 15) is 4.79 Å². The summed E-state index contributed by atoms with van der Waals surface area (Å²) in [5, 5.41) is 9.17. The van der Waals surface area contributed by atoms with Crippen molar-refractivity contribution in [3.8, 4) is 0 Å². The highest BCUT2D eigenvalue weighted by Gasteiger charge is 2.24. The van der Waals surface area contributed by atoms with Crippen LogP contribution in [0.5, 0.6) is 0 Å². The minimum atomic E-state index is -0.0575. The van der Waals surface area contributed by atoms with E-state index in [4.69, 9.17) is 0 Å². The number of anilines is 2. The predicted octanol–water partition coefficient (Wildman–Crippen LogP) is 3.24. The van der Waals surface area contributed by atoms with Gasteiger partial charge in [0.1, 0.15) is 18.0 Å². The number of rotatable bonds is 5. The highest BCUT2D eigenvalue weighted by atomic mass is 16.1. The molecule has 1 unspecified atom stereocenters. The molecule has 1 aliphatic rings. The Morgan fingerprint density at radius 2 is 2.00 bits per heavy atom. The molecule has 0 aliphatic carbocycles. The van der Waals surface area contributed by atoms with Gasteiger partial charge in [0.25, 0.3) is 5.56 Å². The fourth-order valence-corrected chi connectivity index (χ4v) is 3.81. The molecule has 3 aromatic rings. The average molecular weight is 378 g/mol. The van der Waals surface area contributed by atoms with Crippen LogP contribution in [0.15, 0.2) is 47.5 Å². The number of aromatic nitrogens is 4. The van der Waals surface area contributed by atoms with Crippen LogP contribution in [-0.2, 0) is 0 Å². The van der Waals surface area contributed by atoms with Crippen molar-refractivity contribution in [3.05, 3.63) is 53.1 Å². The first-order chi connectivity index (χ1) is 13.6. The lowest BCUT2D eigenvalue weighted by atomic mass is 10.0. The van der Waals surface area contributed by atoms with Crippen molar-refractivity contribution in [2.75, 3.05) is 23.3 Å². The second-order valence-corrected chi connectivity index (χ2v) is 7.53. The van der Waals surface area contributed by atoms with Crippen molar-refractivity contribution < 1.29 is 0 Å². The van der Waals surface area contributed by atoms with Gasteiger partial charge < -0.3 is 10.2 Å². The molecule has 1 fully saturated rings. The minimum absolute atomic E-state index is 0.0428. The maximum absolute atomic E-state index is 12.1. The second kappa shape index (κ2) is 7.96. The molecule has 0 amide bonds. The smallest absolute Gasteiger partial charge is 0.267 e. The molecule has 2 aromatic heterocycles. The average Bonchev–Trinajstić information content (AvgIpc) is 2.72. The molecular weight excluding hydrogens is 352 g/mol. The zero-order valence-corrected chi connectivity index (χ0v) is 16.4. The maximum Gasteiger partial charge on any atom is 0.267 e. The van der Waals surface area contributed by atoms with E-state index in [1.54, 1.807) is 17.1 Å². The molecule has 1 aromatic carbocycles. The molecule has 1 atom stereocenters. The fourth-order valence-electron chi connectivity index (χ4n) is 3.81. The third-order valence-electron chi connectivity index (χ3n) is 5.27. The molecular formula is C21H26N6O. The van der Waals surface area contributed by atoms with Crippen molar-refractivity contribution in [2.45, 2.75) is 45.2 Å². The zero-order chi connectivity index (χ0) is 19.5. The lowest BCUT2D eigenvalue weighted by Crippen LogP contribution is -2.45. The molecule has 4 rings (SSSR count). The summed E-state index contributed by atoms with van der Waals surface area (Å²) in [6.45, 7) is 5.67. The summed E-state index contributed by atoms with van der Waals surface area (Å²) in [4.78, 5) is 23.2. The van der Waals surface area contributed by atoms with Crippen LogP contribution in [0.3, 0.4) is 0 Å². The molecule has 0 radical (unpaired) electrons. The van der Waals surface area contributed by atoms with E-state index < -0.39 is 0 Å². The van der Waals surface area contributed by atoms with Gasteiger partial charge >= 0.3 is 0 Å². The standard InChI is InChI=1S/C21H26N6O/c1-15(2)27-20(28)11-10-19(25-27)26-12-6-5-7-16(26)13-22-21-17-8-3-4-9-18(17)23-14-24-21/h3-4,8-11,14-16H,5-7,12-13H2,1-2H3,(H,22,23,24). The van der Waals surface area contributed by atoms with Crippen LogP contribution in [0.1, 0.15) is 39.2 Å². The number of nitrogens with one attached hydrogen (secondary N) is 1. The van der Waals surface area contributed by atoms with Gasteiger partial charge in [-0.15, -0.1) is 0 Å². The van der Waals surface area contributed by atoms with Gasteiger partial charge in [0, 0.05) is 30.6 Å². The van der Waals surface area contributed by atoms with Crippen molar-refractivity contribution in [1.29, 1.82) is 0 Å². The number of fused-ring (bicyclic) bond motifs is 1. The Bertz CT molecular complexity index is 1010. The molecule has 146 valence electrons. The first kappa shape index (κ1) is 18.4. The van der Waals surface area contributed by atoms with Gasteiger partial charge in [0.2, 0.25) is 0 Å². The lowest BCUT2D eigenvalue weighted by Gasteiger charge is -2.37. The van der Waals surface area contributed by atoms with Crippen molar-refractivity contribution >= 4 is 22.5 Å². The van der Waals surface area contributed by atoms with Gasteiger partial charge in [-0.2, -0.15) is 5.10 Å². The summed E-state index contributed by atoms with van der Waals surface area (Å²) >= 11 is 0. The van der Waals surface area contributed by atoms with Gasteiger partial charge in [0.15, 0.2) is 0 Å². The predicted molar refractivity (Wildman–Crippen MR) is 112 cm³/mol. The zero-order valence-electron chi connectivity index (χ0n) is 16.4. The summed E-state index contributed by atoms with van der Waals surface area (Å²) in [6.07, 6.45) is 5.01. The van der Waals surface area contributed by atoms with Crippen molar-refractivity contribution in [2.24, 2.45) is 0 Å². The van der Waals surface area contributed by atoms with Gasteiger partial charge in [0.05, 0.1) is 11.6 Å². The van der Waals surface area contributed by atoms with E-state index in [1.807, 2.05) is 44.2 Å². The monoisotopic (exact) mass is 378 g/mol. The van der Waals surface area contributed by atoms with E-state index in [1.165, 1.54) is 6.42 Å². The highest BCUT2D eigenvalue weighted by molar-refractivity contribution is 5.88. The quantitative estimate of drug-likeness (QED) is 0.735. The summed E-state index contributed by atoms with van der Waals surface area (Å²) in [6, 6.07) is 11.8. The summed E-state index contributed by atoms with van der Waals surface area (Å²) in [5.74, 6) is 1.73. The Hall–Kier alpha value is -2.96. The van der Waals surface area contributed by atoms with Crippen LogP contribution < -0.4 is 15.8 Å². The minimum Gasteiger partial charge on any atom is -0.367 e. The second-order valence-electron chi connectivity index (χ2n) is 7.53. The van der Waals surface area contributed by atoms with Crippen LogP contribution in [0.4, 0.5) is 11.6 Å². The SMILES string of the molecule is CC(C)n1nc(N2CCCCC2CNc2ncnc3ccccc23)ccc1=O. The number of hydrogen-bond donors (Lipinski definition) is 1. The molecule has 0 bridgehead atoms. The summed E-state index contributed by atoms with van der Waals surface area (Å²) < 4.78 is 1.56. The molecule has 1 aliphatic heterocycles. The van der Waals surface area contributed by atoms with Crippen LogP contribution in [-0.4, -0.2) is 38.9 Å². The molecule has 0 spiro atoms. The van der Waals surface area contributed by atoms with E-state index in [-0.39, 0.29) is 11.6 Å². The summed E-state index contributed by atoms with van der Waals surface area (Å²) in [5.41, 5.74) is 0.879. The van der Waals surface area contributed by atoms with Gasteiger partial charge in [-0.3, -0.25) is 4.79 Å². The number of para-hydroxylation sites is 1. The topological polar surface area (TPSA) is 75.9 Å². The van der Waals surface area contributed by atoms with Gasteiger partial charge in [-0.05, 0) is 51.3 Å². The van der Waals surface area contributed by atoms with E-state index in [0.29, 0.717) is 6.04 Å². The number of benzene rings is 1. The molecule has 7 heteroatoms. The molecule has 3 heterocycles. The Balaban J connectivity index is 1.56. The third kappa shape index (κ3) is 3.69. The van der Waals surface area contributed by atoms with Crippen LogP contribution in [0.2, 0.25) is 0 Å². The highest BCUT2D eigenvalue weighted by Crippen LogP contribution is 2.24. The largest absolute Gasteiger partial charge is 0.367 e. The normalized spacial score (nSPS) is 17.2. The van der Waals surface area contributed by atoms with Crippen molar-refractivity contribution in [3.63, 3.8) is 0 Å². The Kier molecular flexibility index (Phi) is 5.23. The molecule has 7 nitrogen and oxygen atoms in total. The number of nitrogens with zero attached hydrogens (tertiary/aromatic N) is 5.